The van der Waals surface area contributed by atoms with Crippen LogP contribution in [0.25, 0.3) is 0 Å². The van der Waals surface area contributed by atoms with E-state index in [0.717, 1.165) is 18.7 Å². The Morgan fingerprint density at radius 1 is 1.45 bits per heavy atom. The molecule has 0 bridgehead atoms. The van der Waals surface area contributed by atoms with E-state index in [9.17, 15) is 4.79 Å². The summed E-state index contributed by atoms with van der Waals surface area (Å²) in [4.78, 5) is 16.5. The lowest BCUT2D eigenvalue weighted by molar-refractivity contribution is -0.124. The SMILES string of the molecule is Cc1nc2c(n1CC(C)(NC(C)C)C(N)=O)CCCC2. The molecule has 0 aromatic carbocycles. The van der Waals surface area contributed by atoms with Gasteiger partial charge < -0.3 is 10.3 Å². The lowest BCUT2D eigenvalue weighted by atomic mass is 9.98. The number of aromatic nitrogens is 2. The largest absolute Gasteiger partial charge is 0.368 e. The normalized spacial score (nSPS) is 17.9. The number of hydrogen-bond acceptors (Lipinski definition) is 3. The Morgan fingerprint density at radius 3 is 2.70 bits per heavy atom. The average Bonchev–Trinajstić information content (AvgIpc) is 2.65. The van der Waals surface area contributed by atoms with Crippen LogP contribution in [0.3, 0.4) is 0 Å². The molecule has 0 saturated carbocycles. The van der Waals surface area contributed by atoms with E-state index in [1.165, 1.54) is 24.2 Å². The van der Waals surface area contributed by atoms with Crippen molar-refractivity contribution in [3.8, 4) is 0 Å². The molecule has 1 atom stereocenters. The van der Waals surface area contributed by atoms with Crippen molar-refractivity contribution in [3.05, 3.63) is 17.2 Å². The Kier molecular flexibility index (Phi) is 4.18. The summed E-state index contributed by atoms with van der Waals surface area (Å²) in [6.07, 6.45) is 4.50. The Balaban J connectivity index is 2.31. The zero-order chi connectivity index (χ0) is 14.9. The summed E-state index contributed by atoms with van der Waals surface area (Å²) in [6.45, 7) is 8.49. The fourth-order valence-electron chi connectivity index (χ4n) is 3.09. The predicted molar refractivity (Wildman–Crippen MR) is 79.5 cm³/mol. The number of fused-ring (bicyclic) bond motifs is 1. The lowest BCUT2D eigenvalue weighted by Crippen LogP contribution is -2.58. The monoisotopic (exact) mass is 278 g/mol. The van der Waals surface area contributed by atoms with E-state index in [1.54, 1.807) is 0 Å². The van der Waals surface area contributed by atoms with E-state index in [2.05, 4.69) is 14.9 Å². The maximum absolute atomic E-state index is 11.9. The van der Waals surface area contributed by atoms with Crippen molar-refractivity contribution in [2.45, 2.75) is 71.5 Å². The molecule has 5 heteroatoms. The first-order valence-corrected chi connectivity index (χ1v) is 7.46. The molecule has 0 spiro atoms. The molecule has 2 rings (SSSR count). The van der Waals surface area contributed by atoms with Gasteiger partial charge in [0.15, 0.2) is 0 Å². The molecular formula is C15H26N4O. The molecular weight excluding hydrogens is 252 g/mol. The molecule has 5 nitrogen and oxygen atoms in total. The van der Waals surface area contributed by atoms with Gasteiger partial charge in [0.2, 0.25) is 5.91 Å². The van der Waals surface area contributed by atoms with Crippen molar-refractivity contribution in [1.82, 2.24) is 14.9 Å². The third-order valence-corrected chi connectivity index (χ3v) is 4.05. The Hall–Kier alpha value is -1.36. The van der Waals surface area contributed by atoms with Gasteiger partial charge in [-0.3, -0.25) is 10.1 Å². The standard InChI is InChI=1S/C15H26N4O/c1-10(2)18-15(4,14(16)20)9-19-11(3)17-12-7-5-6-8-13(12)19/h10,18H,5-9H2,1-4H3,(H2,16,20). The minimum atomic E-state index is -0.745. The van der Waals surface area contributed by atoms with Crippen LogP contribution in [0.15, 0.2) is 0 Å². The molecule has 1 aromatic heterocycles. The second-order valence-electron chi connectivity index (χ2n) is 6.34. The third kappa shape index (κ3) is 2.87. The summed E-state index contributed by atoms with van der Waals surface area (Å²) in [6, 6.07) is 0.201. The molecule has 1 aromatic rings. The number of nitrogens with two attached hydrogens (primary N) is 1. The molecule has 1 aliphatic rings. The predicted octanol–water partition coefficient (Wildman–Crippen LogP) is 1.31. The number of nitrogens with one attached hydrogen (secondary N) is 1. The fourth-order valence-corrected chi connectivity index (χ4v) is 3.09. The number of primary amides is 1. The van der Waals surface area contributed by atoms with Crippen LogP contribution in [0.1, 0.15) is 50.8 Å². The highest BCUT2D eigenvalue weighted by Gasteiger charge is 2.34. The summed E-state index contributed by atoms with van der Waals surface area (Å²) in [5, 5.41) is 3.30. The van der Waals surface area contributed by atoms with Gasteiger partial charge in [-0.25, -0.2) is 4.98 Å². The molecule has 1 heterocycles. The second kappa shape index (κ2) is 5.56. The van der Waals surface area contributed by atoms with E-state index in [1.807, 2.05) is 27.7 Å². The fraction of sp³-hybridized carbons (Fsp3) is 0.733. The minimum Gasteiger partial charge on any atom is -0.368 e. The molecule has 1 amide bonds. The molecule has 3 N–H and O–H groups in total. The summed E-state index contributed by atoms with van der Waals surface area (Å²) in [7, 11) is 0. The van der Waals surface area contributed by atoms with Crippen molar-refractivity contribution in [1.29, 1.82) is 0 Å². The van der Waals surface area contributed by atoms with Gasteiger partial charge in [0.1, 0.15) is 11.4 Å². The van der Waals surface area contributed by atoms with Crippen LogP contribution in [0.5, 0.6) is 0 Å². The molecule has 0 saturated heterocycles. The highest BCUT2D eigenvalue weighted by Crippen LogP contribution is 2.24. The van der Waals surface area contributed by atoms with Crippen LogP contribution in [0.4, 0.5) is 0 Å². The van der Waals surface area contributed by atoms with E-state index < -0.39 is 5.54 Å². The van der Waals surface area contributed by atoms with Gasteiger partial charge in [-0.15, -0.1) is 0 Å². The van der Waals surface area contributed by atoms with Gasteiger partial charge in [-0.05, 0) is 53.4 Å². The van der Waals surface area contributed by atoms with Crippen LogP contribution in [0, 0.1) is 6.92 Å². The highest BCUT2D eigenvalue weighted by molar-refractivity contribution is 5.84. The Morgan fingerprint density at radius 2 is 2.10 bits per heavy atom. The molecule has 1 aliphatic carbocycles. The molecule has 0 radical (unpaired) electrons. The summed E-state index contributed by atoms with van der Waals surface area (Å²) < 4.78 is 2.18. The zero-order valence-electron chi connectivity index (χ0n) is 13.0. The first-order chi connectivity index (χ1) is 9.33. The topological polar surface area (TPSA) is 72.9 Å². The van der Waals surface area contributed by atoms with Crippen molar-refractivity contribution in [2.24, 2.45) is 5.73 Å². The zero-order valence-corrected chi connectivity index (χ0v) is 13.0. The number of carbonyl (C=O) groups is 1. The summed E-state index contributed by atoms with van der Waals surface area (Å²) in [5.74, 6) is 0.666. The quantitative estimate of drug-likeness (QED) is 0.853. The van der Waals surface area contributed by atoms with E-state index >= 15 is 0 Å². The maximum atomic E-state index is 11.9. The van der Waals surface area contributed by atoms with Gasteiger partial charge in [-0.2, -0.15) is 0 Å². The first-order valence-electron chi connectivity index (χ1n) is 7.46. The van der Waals surface area contributed by atoms with Gasteiger partial charge >= 0.3 is 0 Å². The van der Waals surface area contributed by atoms with Gasteiger partial charge in [0.25, 0.3) is 0 Å². The van der Waals surface area contributed by atoms with E-state index in [-0.39, 0.29) is 11.9 Å². The van der Waals surface area contributed by atoms with E-state index in [4.69, 9.17) is 5.73 Å². The Bertz CT molecular complexity index is 506. The number of rotatable bonds is 5. The van der Waals surface area contributed by atoms with Crippen molar-refractivity contribution in [2.75, 3.05) is 0 Å². The van der Waals surface area contributed by atoms with E-state index in [0.29, 0.717) is 6.54 Å². The number of amides is 1. The molecule has 1 unspecified atom stereocenters. The second-order valence-corrected chi connectivity index (χ2v) is 6.34. The summed E-state index contributed by atoms with van der Waals surface area (Å²) in [5.41, 5.74) is 7.36. The van der Waals surface area contributed by atoms with Crippen LogP contribution in [0.2, 0.25) is 0 Å². The van der Waals surface area contributed by atoms with Gasteiger partial charge in [0, 0.05) is 11.7 Å². The smallest absolute Gasteiger partial charge is 0.239 e. The van der Waals surface area contributed by atoms with Crippen molar-refractivity contribution >= 4 is 5.91 Å². The number of hydrogen-bond donors (Lipinski definition) is 2. The van der Waals surface area contributed by atoms with Crippen LogP contribution >= 0.6 is 0 Å². The number of nitrogens with zero attached hydrogens (tertiary/aromatic N) is 2. The molecule has 20 heavy (non-hydrogen) atoms. The van der Waals surface area contributed by atoms with Crippen LogP contribution in [-0.4, -0.2) is 27.0 Å². The molecule has 0 aliphatic heterocycles. The van der Waals surface area contributed by atoms with Crippen molar-refractivity contribution < 1.29 is 4.79 Å². The number of carbonyl (C=O) groups excluding carboxylic acids is 1. The first kappa shape index (κ1) is 15.0. The third-order valence-electron chi connectivity index (χ3n) is 4.05. The van der Waals surface area contributed by atoms with Crippen LogP contribution < -0.4 is 11.1 Å². The van der Waals surface area contributed by atoms with Crippen molar-refractivity contribution in [3.63, 3.8) is 0 Å². The maximum Gasteiger partial charge on any atom is 0.239 e. The van der Waals surface area contributed by atoms with Gasteiger partial charge in [0.05, 0.1) is 12.2 Å². The Labute approximate surface area is 120 Å². The molecule has 0 fully saturated rings. The highest BCUT2D eigenvalue weighted by atomic mass is 16.1. The molecule has 112 valence electrons. The minimum absolute atomic E-state index is 0.201. The number of imidazole rings is 1. The lowest BCUT2D eigenvalue weighted by Gasteiger charge is -2.31. The number of aryl methyl sites for hydroxylation is 2. The van der Waals surface area contributed by atoms with Gasteiger partial charge in [-0.1, -0.05) is 0 Å². The van der Waals surface area contributed by atoms with Crippen LogP contribution in [-0.2, 0) is 24.2 Å². The summed E-state index contributed by atoms with van der Waals surface area (Å²) >= 11 is 0. The average molecular weight is 278 g/mol.